The molecule has 1 amide bonds. The molecular weight excluding hydrogens is 328 g/mol. The molecule has 7 heteroatoms. The van der Waals surface area contributed by atoms with Gasteiger partial charge in [0, 0.05) is 30.2 Å². The van der Waals surface area contributed by atoms with Crippen LogP contribution in [-0.4, -0.2) is 22.4 Å². The van der Waals surface area contributed by atoms with Crippen LogP contribution in [0.3, 0.4) is 0 Å². The van der Waals surface area contributed by atoms with Crippen LogP contribution in [-0.2, 0) is 11.3 Å². The van der Waals surface area contributed by atoms with E-state index in [-0.39, 0.29) is 5.91 Å². The summed E-state index contributed by atoms with van der Waals surface area (Å²) in [5.74, 6) is 0.547. The van der Waals surface area contributed by atoms with Gasteiger partial charge in [-0.3, -0.25) is 4.79 Å². The zero-order chi connectivity index (χ0) is 13.5. The molecule has 5 nitrogen and oxygen atoms in total. The summed E-state index contributed by atoms with van der Waals surface area (Å²) >= 11 is 5.01. The van der Waals surface area contributed by atoms with Crippen LogP contribution in [0.15, 0.2) is 34.4 Å². The first-order valence-corrected chi connectivity index (χ1v) is 7.37. The van der Waals surface area contributed by atoms with E-state index in [9.17, 15) is 4.79 Å². The maximum atomic E-state index is 11.6. The van der Waals surface area contributed by atoms with Crippen LogP contribution in [0.5, 0.6) is 0 Å². The Labute approximate surface area is 123 Å². The molecule has 0 aliphatic rings. The van der Waals surface area contributed by atoms with Crippen LogP contribution in [0.1, 0.15) is 11.3 Å². The lowest BCUT2D eigenvalue weighted by Crippen LogP contribution is -2.24. The summed E-state index contributed by atoms with van der Waals surface area (Å²) < 4.78 is 1.07. The lowest BCUT2D eigenvalue weighted by atomic mass is 10.4. The van der Waals surface area contributed by atoms with E-state index in [0.717, 1.165) is 8.66 Å². The topological polar surface area (TPSA) is 66.9 Å². The van der Waals surface area contributed by atoms with Gasteiger partial charge in [0.2, 0.25) is 11.9 Å². The number of amides is 1. The molecule has 2 aromatic rings. The first kappa shape index (κ1) is 14.0. The summed E-state index contributed by atoms with van der Waals surface area (Å²) in [6, 6.07) is 5.71. The van der Waals surface area contributed by atoms with Gasteiger partial charge in [-0.1, -0.05) is 0 Å². The van der Waals surface area contributed by atoms with Crippen molar-refractivity contribution < 1.29 is 4.79 Å². The van der Waals surface area contributed by atoms with E-state index in [1.54, 1.807) is 29.8 Å². The van der Waals surface area contributed by atoms with Crippen LogP contribution in [0.25, 0.3) is 0 Å². The third kappa shape index (κ3) is 4.96. The highest BCUT2D eigenvalue weighted by Gasteiger charge is 2.03. The van der Waals surface area contributed by atoms with E-state index in [2.05, 4.69) is 36.5 Å². The second kappa shape index (κ2) is 7.20. The average Bonchev–Trinajstić information content (AvgIpc) is 2.83. The molecule has 2 aromatic heterocycles. The number of thiophene rings is 1. The maximum absolute atomic E-state index is 11.6. The normalized spacial score (nSPS) is 10.2. The Hall–Kier alpha value is -1.47. The number of hydrogen-bond donors (Lipinski definition) is 2. The lowest BCUT2D eigenvalue weighted by molar-refractivity contribution is -0.120. The van der Waals surface area contributed by atoms with Crippen molar-refractivity contribution in [3.8, 4) is 0 Å². The third-order valence-corrected chi connectivity index (χ3v) is 3.91. The third-order valence-electron chi connectivity index (χ3n) is 2.29. The van der Waals surface area contributed by atoms with Gasteiger partial charge in [0.1, 0.15) is 0 Å². The fourth-order valence-corrected chi connectivity index (χ4v) is 2.82. The molecule has 0 spiro atoms. The van der Waals surface area contributed by atoms with Crippen LogP contribution >= 0.6 is 27.3 Å². The van der Waals surface area contributed by atoms with Gasteiger partial charge in [-0.15, -0.1) is 11.3 Å². The summed E-state index contributed by atoms with van der Waals surface area (Å²) in [6.45, 7) is 1.08. The predicted octanol–water partition coefficient (Wildman–Crippen LogP) is 2.42. The number of nitrogens with zero attached hydrogens (tertiary/aromatic N) is 2. The molecule has 0 atom stereocenters. The summed E-state index contributed by atoms with van der Waals surface area (Å²) in [7, 11) is 0. The number of nitrogens with one attached hydrogen (secondary N) is 2. The first-order valence-electron chi connectivity index (χ1n) is 5.76. The fourth-order valence-electron chi connectivity index (χ4n) is 1.40. The highest BCUT2D eigenvalue weighted by atomic mass is 79.9. The van der Waals surface area contributed by atoms with Crippen molar-refractivity contribution >= 4 is 39.1 Å². The minimum absolute atomic E-state index is 0.00736. The molecule has 0 fully saturated rings. The Balaban J connectivity index is 1.65. The molecule has 0 saturated heterocycles. The monoisotopic (exact) mass is 340 g/mol. The van der Waals surface area contributed by atoms with Crippen molar-refractivity contribution in [1.82, 2.24) is 15.3 Å². The molecule has 19 heavy (non-hydrogen) atoms. The van der Waals surface area contributed by atoms with Crippen molar-refractivity contribution in [3.05, 3.63) is 39.3 Å². The van der Waals surface area contributed by atoms with Crippen molar-refractivity contribution in [2.45, 2.75) is 13.0 Å². The van der Waals surface area contributed by atoms with Crippen molar-refractivity contribution in [2.24, 2.45) is 0 Å². The summed E-state index contributed by atoms with van der Waals surface area (Å²) in [4.78, 5) is 20.8. The molecule has 2 heterocycles. The van der Waals surface area contributed by atoms with Gasteiger partial charge in [-0.05, 0) is 34.1 Å². The Bertz CT molecular complexity index is 532. The Morgan fingerprint density at radius 1 is 1.32 bits per heavy atom. The van der Waals surface area contributed by atoms with E-state index in [1.807, 2.05) is 12.1 Å². The number of anilines is 1. The zero-order valence-corrected chi connectivity index (χ0v) is 12.5. The van der Waals surface area contributed by atoms with Gasteiger partial charge in [0.25, 0.3) is 0 Å². The van der Waals surface area contributed by atoms with Gasteiger partial charge in [0.05, 0.1) is 10.3 Å². The van der Waals surface area contributed by atoms with Crippen LogP contribution in [0.2, 0.25) is 0 Å². The standard InChI is InChI=1S/C12H13BrN4OS/c13-10-3-2-9(19-10)8-17-11(18)4-7-16-12-14-5-1-6-15-12/h1-3,5-6H,4,7-8H2,(H,17,18)(H,14,15,16). The largest absolute Gasteiger partial charge is 0.354 e. The molecule has 0 aliphatic heterocycles. The number of carbonyl (C=O) groups excluding carboxylic acids is 1. The predicted molar refractivity (Wildman–Crippen MR) is 79.0 cm³/mol. The lowest BCUT2D eigenvalue weighted by Gasteiger charge is -2.05. The SMILES string of the molecule is O=C(CCNc1ncccn1)NCc1ccc(Br)s1. The number of hydrogen-bond acceptors (Lipinski definition) is 5. The zero-order valence-electron chi connectivity index (χ0n) is 10.1. The molecule has 0 aromatic carbocycles. The number of aromatic nitrogens is 2. The Morgan fingerprint density at radius 3 is 2.79 bits per heavy atom. The van der Waals surface area contributed by atoms with Crippen molar-refractivity contribution in [2.75, 3.05) is 11.9 Å². The summed E-state index contributed by atoms with van der Waals surface area (Å²) in [5, 5.41) is 5.86. The number of halogens is 1. The molecular formula is C12H13BrN4OS. The van der Waals surface area contributed by atoms with Gasteiger partial charge in [0.15, 0.2) is 0 Å². The minimum atomic E-state index is 0.00736. The second-order valence-corrected chi connectivity index (χ2v) is 6.28. The number of carbonyl (C=O) groups is 1. The highest BCUT2D eigenvalue weighted by Crippen LogP contribution is 2.21. The summed E-state index contributed by atoms with van der Waals surface area (Å²) in [6.07, 6.45) is 3.71. The first-order chi connectivity index (χ1) is 9.24. The molecule has 2 N–H and O–H groups in total. The smallest absolute Gasteiger partial charge is 0.222 e. The van der Waals surface area contributed by atoms with E-state index in [1.165, 1.54) is 0 Å². The molecule has 100 valence electrons. The molecule has 2 rings (SSSR count). The highest BCUT2D eigenvalue weighted by molar-refractivity contribution is 9.11. The number of rotatable bonds is 6. The molecule has 0 unspecified atom stereocenters. The molecule has 0 aliphatic carbocycles. The van der Waals surface area contributed by atoms with Gasteiger partial charge in [-0.2, -0.15) is 0 Å². The van der Waals surface area contributed by atoms with Crippen LogP contribution in [0, 0.1) is 0 Å². The van der Waals surface area contributed by atoms with Gasteiger partial charge < -0.3 is 10.6 Å². The second-order valence-electron chi connectivity index (χ2n) is 3.73. The fraction of sp³-hybridized carbons (Fsp3) is 0.250. The van der Waals surface area contributed by atoms with E-state index < -0.39 is 0 Å². The molecule has 0 saturated carbocycles. The van der Waals surface area contributed by atoms with Crippen molar-refractivity contribution in [3.63, 3.8) is 0 Å². The van der Waals surface area contributed by atoms with Gasteiger partial charge in [-0.25, -0.2) is 9.97 Å². The molecule has 0 radical (unpaired) electrons. The maximum Gasteiger partial charge on any atom is 0.222 e. The quantitative estimate of drug-likeness (QED) is 0.847. The van der Waals surface area contributed by atoms with E-state index in [4.69, 9.17) is 0 Å². The molecule has 0 bridgehead atoms. The van der Waals surface area contributed by atoms with Gasteiger partial charge >= 0.3 is 0 Å². The summed E-state index contributed by atoms with van der Waals surface area (Å²) in [5.41, 5.74) is 0. The Morgan fingerprint density at radius 2 is 2.11 bits per heavy atom. The average molecular weight is 341 g/mol. The van der Waals surface area contributed by atoms with Crippen molar-refractivity contribution in [1.29, 1.82) is 0 Å². The van der Waals surface area contributed by atoms with Crippen LogP contribution < -0.4 is 10.6 Å². The van der Waals surface area contributed by atoms with E-state index >= 15 is 0 Å². The van der Waals surface area contributed by atoms with Crippen LogP contribution in [0.4, 0.5) is 5.95 Å². The Kier molecular flexibility index (Phi) is 5.29. The minimum Gasteiger partial charge on any atom is -0.354 e. The van der Waals surface area contributed by atoms with E-state index in [0.29, 0.717) is 25.5 Å².